The van der Waals surface area contributed by atoms with Gasteiger partial charge in [-0.05, 0) is 42.9 Å². The van der Waals surface area contributed by atoms with Gasteiger partial charge in [-0.25, -0.2) is 10.4 Å². The Hall–Kier alpha value is -0.380. The highest BCUT2D eigenvalue weighted by atomic mass is 79.9. The van der Waals surface area contributed by atoms with Gasteiger partial charge in [0.25, 0.3) is 0 Å². The van der Waals surface area contributed by atoms with Crippen molar-refractivity contribution in [2.45, 2.75) is 38.1 Å². The highest BCUT2D eigenvalue weighted by Crippen LogP contribution is 2.35. The number of hydrogen-bond donors (Lipinski definition) is 1. The molecular weight excluding hydrogens is 276 g/mol. The van der Waals surface area contributed by atoms with E-state index in [0.717, 1.165) is 0 Å². The molecule has 0 spiro atoms. The molecule has 1 atom stereocenters. The van der Waals surface area contributed by atoms with Crippen LogP contribution in [0.5, 0.6) is 0 Å². The maximum Gasteiger partial charge on any atom is 0.0471 e. The van der Waals surface area contributed by atoms with Crippen LogP contribution in [-0.2, 0) is 6.42 Å². The second-order valence-corrected chi connectivity index (χ2v) is 5.93. The van der Waals surface area contributed by atoms with E-state index >= 15 is 0 Å². The third-order valence-electron chi connectivity index (χ3n) is 3.91. The summed E-state index contributed by atoms with van der Waals surface area (Å²) in [6.45, 7) is 2.42. The average molecular weight is 295 g/mol. The van der Waals surface area contributed by atoms with Crippen molar-refractivity contribution in [3.05, 3.63) is 33.8 Å². The summed E-state index contributed by atoms with van der Waals surface area (Å²) in [5.41, 5.74) is 6.71. The van der Waals surface area contributed by atoms with Crippen LogP contribution >= 0.6 is 15.9 Å². The molecule has 1 fully saturated rings. The smallest absolute Gasteiger partial charge is 0.0471 e. The lowest BCUT2D eigenvalue weighted by molar-refractivity contribution is 0.128. The Morgan fingerprint density at radius 1 is 1.18 bits per heavy atom. The van der Waals surface area contributed by atoms with E-state index in [0.29, 0.717) is 6.04 Å². The van der Waals surface area contributed by atoms with Gasteiger partial charge in [0, 0.05) is 23.6 Å². The normalized spacial score (nSPS) is 24.9. The summed E-state index contributed by atoms with van der Waals surface area (Å²) >= 11 is 3.66. The van der Waals surface area contributed by atoms with Gasteiger partial charge in [0.1, 0.15) is 0 Å². The van der Waals surface area contributed by atoms with Crippen LogP contribution in [0.3, 0.4) is 0 Å². The second kappa shape index (κ2) is 5.09. The minimum atomic E-state index is 0.528. The molecule has 1 unspecified atom stereocenters. The lowest BCUT2D eigenvalue weighted by Gasteiger charge is -2.30. The summed E-state index contributed by atoms with van der Waals surface area (Å²) in [6.07, 6.45) is 6.50. The van der Waals surface area contributed by atoms with Gasteiger partial charge in [-0.2, -0.15) is 0 Å². The molecule has 17 heavy (non-hydrogen) atoms. The van der Waals surface area contributed by atoms with Crippen LogP contribution in [0.25, 0.3) is 0 Å². The van der Waals surface area contributed by atoms with Crippen LogP contribution in [0, 0.1) is 0 Å². The molecule has 1 saturated heterocycles. The van der Waals surface area contributed by atoms with Crippen LogP contribution in [-0.4, -0.2) is 18.1 Å². The molecule has 1 aliphatic heterocycles. The van der Waals surface area contributed by atoms with Gasteiger partial charge < -0.3 is 0 Å². The quantitative estimate of drug-likeness (QED) is 0.899. The molecule has 0 aromatic heterocycles. The zero-order valence-corrected chi connectivity index (χ0v) is 11.7. The molecule has 1 N–H and O–H groups in total. The second-order valence-electron chi connectivity index (χ2n) is 5.08. The predicted molar refractivity (Wildman–Crippen MR) is 73.8 cm³/mol. The highest BCUT2D eigenvalue weighted by molar-refractivity contribution is 9.10. The highest BCUT2D eigenvalue weighted by Gasteiger charge is 2.25. The number of hydrogen-bond acceptors (Lipinski definition) is 2. The van der Waals surface area contributed by atoms with Crippen LogP contribution in [0.15, 0.2) is 22.7 Å². The van der Waals surface area contributed by atoms with Crippen molar-refractivity contribution in [3.63, 3.8) is 0 Å². The van der Waals surface area contributed by atoms with Crippen molar-refractivity contribution < 1.29 is 0 Å². The monoisotopic (exact) mass is 294 g/mol. The van der Waals surface area contributed by atoms with E-state index in [4.69, 9.17) is 0 Å². The molecule has 1 heterocycles. The Bertz CT molecular complexity index is 399. The van der Waals surface area contributed by atoms with Gasteiger partial charge >= 0.3 is 0 Å². The van der Waals surface area contributed by atoms with Crippen molar-refractivity contribution in [2.24, 2.45) is 0 Å². The number of hydrazine groups is 1. The number of nitrogens with zero attached hydrogens (tertiary/aromatic N) is 1. The molecular formula is C14H19BrN2. The van der Waals surface area contributed by atoms with Crippen LogP contribution in [0.1, 0.15) is 42.9 Å². The van der Waals surface area contributed by atoms with Crippen LogP contribution < -0.4 is 5.43 Å². The Morgan fingerprint density at radius 3 is 2.82 bits per heavy atom. The summed E-state index contributed by atoms with van der Waals surface area (Å²) in [5, 5.41) is 2.42. The Labute approximate surface area is 111 Å². The van der Waals surface area contributed by atoms with Gasteiger partial charge in [0.15, 0.2) is 0 Å². The van der Waals surface area contributed by atoms with Crippen LogP contribution in [0.2, 0.25) is 0 Å². The number of piperidine rings is 1. The number of halogens is 1. The number of benzene rings is 1. The first kappa shape index (κ1) is 11.7. The zero-order chi connectivity index (χ0) is 11.7. The summed E-state index contributed by atoms with van der Waals surface area (Å²) in [6, 6.07) is 7.11. The number of rotatable bonds is 2. The molecule has 2 aliphatic rings. The fourth-order valence-electron chi connectivity index (χ4n) is 2.99. The molecule has 3 heteroatoms. The molecule has 0 saturated carbocycles. The number of nitrogens with one attached hydrogen (secondary N) is 1. The fraction of sp³-hybridized carbons (Fsp3) is 0.571. The molecule has 92 valence electrons. The van der Waals surface area contributed by atoms with Crippen molar-refractivity contribution in [2.75, 3.05) is 13.1 Å². The molecule has 1 aromatic carbocycles. The maximum absolute atomic E-state index is 3.71. The minimum Gasteiger partial charge on any atom is -0.248 e. The van der Waals surface area contributed by atoms with E-state index in [1.165, 1.54) is 60.8 Å². The summed E-state index contributed by atoms with van der Waals surface area (Å²) < 4.78 is 1.28. The summed E-state index contributed by atoms with van der Waals surface area (Å²) in [5.74, 6) is 0. The standard InChI is InChI=1S/C14H19BrN2/c15-13-6-4-5-12-11(13)7-8-14(12)16-17-9-2-1-3-10-17/h4-6,14,16H,1-3,7-10H2. The molecule has 1 aliphatic carbocycles. The van der Waals surface area contributed by atoms with E-state index in [1.54, 1.807) is 0 Å². The molecule has 2 nitrogen and oxygen atoms in total. The molecule has 1 aromatic rings. The average Bonchev–Trinajstić information content (AvgIpc) is 2.76. The van der Waals surface area contributed by atoms with Crippen molar-refractivity contribution >= 4 is 15.9 Å². The number of fused-ring (bicyclic) bond motifs is 1. The van der Waals surface area contributed by atoms with Crippen molar-refractivity contribution in [3.8, 4) is 0 Å². The van der Waals surface area contributed by atoms with Gasteiger partial charge in [-0.1, -0.05) is 34.5 Å². The van der Waals surface area contributed by atoms with Gasteiger partial charge in [-0.15, -0.1) is 0 Å². The third kappa shape index (κ3) is 2.42. The summed E-state index contributed by atoms with van der Waals surface area (Å²) in [7, 11) is 0. The van der Waals surface area contributed by atoms with Gasteiger partial charge in [0.2, 0.25) is 0 Å². The Morgan fingerprint density at radius 2 is 2.00 bits per heavy atom. The van der Waals surface area contributed by atoms with E-state index < -0.39 is 0 Å². The zero-order valence-electron chi connectivity index (χ0n) is 10.1. The van der Waals surface area contributed by atoms with Crippen molar-refractivity contribution in [1.82, 2.24) is 10.4 Å². The van der Waals surface area contributed by atoms with E-state index in [9.17, 15) is 0 Å². The third-order valence-corrected chi connectivity index (χ3v) is 4.65. The largest absolute Gasteiger partial charge is 0.248 e. The van der Waals surface area contributed by atoms with Gasteiger partial charge in [-0.3, -0.25) is 0 Å². The minimum absolute atomic E-state index is 0.528. The van der Waals surface area contributed by atoms with Crippen LogP contribution in [0.4, 0.5) is 0 Å². The molecule has 0 bridgehead atoms. The van der Waals surface area contributed by atoms with Gasteiger partial charge in [0.05, 0.1) is 0 Å². The van der Waals surface area contributed by atoms with E-state index in [1.807, 2.05) is 0 Å². The van der Waals surface area contributed by atoms with E-state index in [2.05, 4.69) is 44.6 Å². The predicted octanol–water partition coefficient (Wildman–Crippen LogP) is 3.43. The first-order valence-corrected chi connectivity index (χ1v) is 7.42. The molecule has 3 rings (SSSR count). The lowest BCUT2D eigenvalue weighted by Crippen LogP contribution is -2.43. The fourth-order valence-corrected chi connectivity index (χ4v) is 3.57. The Balaban J connectivity index is 1.72. The van der Waals surface area contributed by atoms with E-state index in [-0.39, 0.29) is 0 Å². The topological polar surface area (TPSA) is 15.3 Å². The summed E-state index contributed by atoms with van der Waals surface area (Å²) in [4.78, 5) is 0. The first-order valence-electron chi connectivity index (χ1n) is 6.63. The SMILES string of the molecule is Brc1cccc2c1CCC2NN1CCCCC1. The molecule has 0 radical (unpaired) electrons. The maximum atomic E-state index is 3.71. The Kier molecular flexibility index (Phi) is 3.50. The van der Waals surface area contributed by atoms with Crippen molar-refractivity contribution in [1.29, 1.82) is 0 Å². The first-order chi connectivity index (χ1) is 8.34. The molecule has 0 amide bonds. The lowest BCUT2D eigenvalue weighted by atomic mass is 10.1.